The second-order valence-electron chi connectivity index (χ2n) is 5.64. The van der Waals surface area contributed by atoms with Gasteiger partial charge in [0.1, 0.15) is 0 Å². The van der Waals surface area contributed by atoms with E-state index in [0.29, 0.717) is 11.8 Å². The van der Waals surface area contributed by atoms with Gasteiger partial charge in [0.15, 0.2) is 0 Å². The lowest BCUT2D eigenvalue weighted by Crippen LogP contribution is -2.55. The molecule has 0 bridgehead atoms. The van der Waals surface area contributed by atoms with Crippen molar-refractivity contribution in [3.8, 4) is 0 Å². The fourth-order valence-corrected chi connectivity index (χ4v) is 3.11. The summed E-state index contributed by atoms with van der Waals surface area (Å²) in [6.07, 6.45) is 14.9. The molecule has 1 fully saturated rings. The van der Waals surface area contributed by atoms with Gasteiger partial charge in [0.05, 0.1) is 12.3 Å². The van der Waals surface area contributed by atoms with E-state index in [2.05, 4.69) is 17.5 Å². The molecule has 3 unspecified atom stereocenters. The van der Waals surface area contributed by atoms with Crippen LogP contribution in [0.1, 0.15) is 51.4 Å². The first kappa shape index (κ1) is 13.1. The van der Waals surface area contributed by atoms with Gasteiger partial charge in [-0.15, -0.1) is 0 Å². The van der Waals surface area contributed by atoms with Gasteiger partial charge >= 0.3 is 0 Å². The Labute approximate surface area is 105 Å². The molecule has 2 aliphatic rings. The highest BCUT2D eigenvalue weighted by atomic mass is 15.1. The Morgan fingerprint density at radius 2 is 1.71 bits per heavy atom. The van der Waals surface area contributed by atoms with E-state index >= 15 is 0 Å². The summed E-state index contributed by atoms with van der Waals surface area (Å²) in [5.74, 6) is 1.10. The van der Waals surface area contributed by atoms with Crippen molar-refractivity contribution >= 4 is 0 Å². The van der Waals surface area contributed by atoms with Gasteiger partial charge in [-0.1, -0.05) is 31.4 Å². The molecule has 0 amide bonds. The van der Waals surface area contributed by atoms with Crippen LogP contribution in [0.5, 0.6) is 0 Å². The molecule has 5 N–H and O–H groups in total. The summed E-state index contributed by atoms with van der Waals surface area (Å²) < 4.78 is 0. The first-order valence-electron chi connectivity index (χ1n) is 7.21. The predicted molar refractivity (Wildman–Crippen MR) is 72.1 cm³/mol. The van der Waals surface area contributed by atoms with Crippen LogP contribution in [-0.2, 0) is 0 Å². The molecule has 1 saturated carbocycles. The molecule has 98 valence electrons. The summed E-state index contributed by atoms with van der Waals surface area (Å²) in [5, 5.41) is 3.42. The summed E-state index contributed by atoms with van der Waals surface area (Å²) in [4.78, 5) is 0. The number of nitrogens with two attached hydrogens (primary N) is 2. The summed E-state index contributed by atoms with van der Waals surface area (Å²) in [6.45, 7) is 0. The van der Waals surface area contributed by atoms with Crippen molar-refractivity contribution in [2.45, 2.75) is 63.7 Å². The molecule has 0 heterocycles. The molecule has 0 spiro atoms. The summed E-state index contributed by atoms with van der Waals surface area (Å²) >= 11 is 0. The van der Waals surface area contributed by atoms with Gasteiger partial charge < -0.3 is 11.5 Å². The van der Waals surface area contributed by atoms with Crippen molar-refractivity contribution < 1.29 is 0 Å². The number of rotatable bonds is 4. The number of allylic oxidation sites excluding steroid dienone is 1. The van der Waals surface area contributed by atoms with Crippen molar-refractivity contribution in [1.82, 2.24) is 5.32 Å². The normalized spacial score (nSPS) is 30.1. The van der Waals surface area contributed by atoms with Crippen LogP contribution in [0.3, 0.4) is 0 Å². The molecule has 3 atom stereocenters. The van der Waals surface area contributed by atoms with Crippen LogP contribution in [0.25, 0.3) is 0 Å². The number of hydrogen-bond acceptors (Lipinski definition) is 3. The van der Waals surface area contributed by atoms with E-state index in [1.165, 1.54) is 51.4 Å². The summed E-state index contributed by atoms with van der Waals surface area (Å²) in [6, 6.07) is 0. The van der Waals surface area contributed by atoms with E-state index < -0.39 is 0 Å². The maximum absolute atomic E-state index is 6.24. The maximum Gasteiger partial charge on any atom is 0.0622 e. The largest absolute Gasteiger partial charge is 0.316 e. The molecule has 0 aromatic carbocycles. The van der Waals surface area contributed by atoms with Crippen molar-refractivity contribution in [3.05, 3.63) is 12.2 Å². The SMILES string of the molecule is NC(NC(N)C1CCCCC1)C1C=CCCC1. The molecule has 0 radical (unpaired) electrons. The summed E-state index contributed by atoms with van der Waals surface area (Å²) in [7, 11) is 0. The molecule has 3 nitrogen and oxygen atoms in total. The van der Waals surface area contributed by atoms with Crippen molar-refractivity contribution in [1.29, 1.82) is 0 Å². The first-order chi connectivity index (χ1) is 8.27. The molecule has 0 aromatic rings. The van der Waals surface area contributed by atoms with E-state index in [0.717, 1.165) is 0 Å². The lowest BCUT2D eigenvalue weighted by Gasteiger charge is -2.33. The van der Waals surface area contributed by atoms with Gasteiger partial charge in [0, 0.05) is 5.92 Å². The minimum absolute atomic E-state index is 0.0310. The van der Waals surface area contributed by atoms with Gasteiger partial charge in [-0.2, -0.15) is 0 Å². The highest BCUT2D eigenvalue weighted by Gasteiger charge is 2.24. The van der Waals surface area contributed by atoms with E-state index in [9.17, 15) is 0 Å². The van der Waals surface area contributed by atoms with Crippen LogP contribution in [0.2, 0.25) is 0 Å². The average molecular weight is 237 g/mol. The molecule has 2 aliphatic carbocycles. The fourth-order valence-electron chi connectivity index (χ4n) is 3.11. The van der Waals surface area contributed by atoms with Gasteiger partial charge in [-0.05, 0) is 38.0 Å². The lowest BCUT2D eigenvalue weighted by molar-refractivity contribution is 0.236. The van der Waals surface area contributed by atoms with Crippen LogP contribution in [0.15, 0.2) is 12.2 Å². The van der Waals surface area contributed by atoms with Crippen molar-refractivity contribution in [3.63, 3.8) is 0 Å². The quantitative estimate of drug-likeness (QED) is 0.518. The monoisotopic (exact) mass is 237 g/mol. The van der Waals surface area contributed by atoms with Crippen molar-refractivity contribution in [2.75, 3.05) is 0 Å². The molecule has 17 heavy (non-hydrogen) atoms. The van der Waals surface area contributed by atoms with Crippen molar-refractivity contribution in [2.24, 2.45) is 23.3 Å². The third-order valence-electron chi connectivity index (χ3n) is 4.30. The van der Waals surface area contributed by atoms with E-state index in [-0.39, 0.29) is 12.3 Å². The van der Waals surface area contributed by atoms with E-state index in [1.807, 2.05) is 0 Å². The zero-order valence-corrected chi connectivity index (χ0v) is 10.8. The maximum atomic E-state index is 6.24. The minimum atomic E-state index is 0.0310. The van der Waals surface area contributed by atoms with Crippen LogP contribution >= 0.6 is 0 Å². The van der Waals surface area contributed by atoms with Gasteiger partial charge in [0.25, 0.3) is 0 Å². The smallest absolute Gasteiger partial charge is 0.0622 e. The standard InChI is InChI=1S/C14H27N3/c15-13(11-7-3-1-4-8-11)17-14(16)12-9-5-2-6-10-12/h3,7,11-14,17H,1-2,4-6,8-10,15-16H2. The molecule has 0 aromatic heterocycles. The zero-order valence-electron chi connectivity index (χ0n) is 10.8. The van der Waals surface area contributed by atoms with Gasteiger partial charge in [-0.3, -0.25) is 5.32 Å². The first-order valence-corrected chi connectivity index (χ1v) is 7.21. The Kier molecular flexibility index (Phi) is 5.01. The molecular weight excluding hydrogens is 210 g/mol. The molecule has 3 heteroatoms. The van der Waals surface area contributed by atoms with E-state index in [4.69, 9.17) is 11.5 Å². The highest BCUT2D eigenvalue weighted by molar-refractivity contribution is 4.97. The second-order valence-corrected chi connectivity index (χ2v) is 5.64. The van der Waals surface area contributed by atoms with E-state index in [1.54, 1.807) is 0 Å². The Morgan fingerprint density at radius 1 is 0.941 bits per heavy atom. The fraction of sp³-hybridized carbons (Fsp3) is 0.857. The average Bonchev–Trinajstić information content (AvgIpc) is 2.40. The molecule has 2 rings (SSSR count). The molecule has 0 saturated heterocycles. The Morgan fingerprint density at radius 3 is 2.35 bits per heavy atom. The highest BCUT2D eigenvalue weighted by Crippen LogP contribution is 2.25. The number of hydrogen-bond donors (Lipinski definition) is 3. The third-order valence-corrected chi connectivity index (χ3v) is 4.30. The number of nitrogens with one attached hydrogen (secondary N) is 1. The Hall–Kier alpha value is -0.380. The second kappa shape index (κ2) is 6.53. The zero-order chi connectivity index (χ0) is 12.1. The van der Waals surface area contributed by atoms with Gasteiger partial charge in [0.2, 0.25) is 0 Å². The Bertz CT molecular complexity index is 246. The summed E-state index contributed by atoms with van der Waals surface area (Å²) in [5.41, 5.74) is 12.5. The predicted octanol–water partition coefficient (Wildman–Crippen LogP) is 2.08. The topological polar surface area (TPSA) is 64.1 Å². The van der Waals surface area contributed by atoms with Crippen LogP contribution in [0, 0.1) is 11.8 Å². The Balaban J connectivity index is 1.78. The third kappa shape index (κ3) is 3.80. The molecular formula is C14H27N3. The van der Waals surface area contributed by atoms with Crippen LogP contribution in [0.4, 0.5) is 0 Å². The van der Waals surface area contributed by atoms with Gasteiger partial charge in [-0.25, -0.2) is 0 Å². The van der Waals surface area contributed by atoms with Crippen LogP contribution in [-0.4, -0.2) is 12.3 Å². The lowest BCUT2D eigenvalue weighted by atomic mass is 9.86. The minimum Gasteiger partial charge on any atom is -0.316 e. The van der Waals surface area contributed by atoms with Crippen LogP contribution < -0.4 is 16.8 Å². The molecule has 0 aliphatic heterocycles.